The summed E-state index contributed by atoms with van der Waals surface area (Å²) in [6.07, 6.45) is 3.24. The standard InChI is InChI=1S/C19H20N2O4S/c1-4-21-11-15(19(23)25-5-2)17(22)14-10-16(26(20)18(14)21)12-6-8-13(24-3)9-7-12/h6-11,20H,4-5H2,1-3H3. The van der Waals surface area contributed by atoms with Crippen molar-refractivity contribution >= 4 is 27.6 Å². The second-order valence-electron chi connectivity index (χ2n) is 5.64. The Morgan fingerprint density at radius 3 is 2.50 bits per heavy atom. The molecule has 7 heteroatoms. The van der Waals surface area contributed by atoms with Gasteiger partial charge >= 0.3 is 5.97 Å². The molecule has 0 saturated carbocycles. The molecule has 0 saturated heterocycles. The summed E-state index contributed by atoms with van der Waals surface area (Å²) in [6, 6.07) is 7.40. The number of nitrogens with zero attached hydrogens (tertiary/aromatic N) is 1. The Bertz CT molecular complexity index is 974. The Kier molecular flexibility index (Phi) is 5.08. The van der Waals surface area contributed by atoms with Gasteiger partial charge in [-0.1, -0.05) is 12.1 Å². The lowest BCUT2D eigenvalue weighted by Gasteiger charge is -2.14. The molecule has 1 aliphatic heterocycles. The van der Waals surface area contributed by atoms with E-state index in [4.69, 9.17) is 14.3 Å². The second-order valence-corrected chi connectivity index (χ2v) is 7.08. The van der Waals surface area contributed by atoms with Gasteiger partial charge in [0.15, 0.2) is 0 Å². The Labute approximate surface area is 154 Å². The third-order valence-electron chi connectivity index (χ3n) is 4.16. The lowest BCUT2D eigenvalue weighted by molar-refractivity contribution is 0.0523. The van der Waals surface area contributed by atoms with Gasteiger partial charge in [0.1, 0.15) is 16.3 Å². The van der Waals surface area contributed by atoms with Gasteiger partial charge in [0.25, 0.3) is 0 Å². The molecule has 1 aromatic heterocycles. The maximum absolute atomic E-state index is 12.8. The summed E-state index contributed by atoms with van der Waals surface area (Å²) in [5.41, 5.74) is 0.898. The number of hydrogen-bond acceptors (Lipinski definition) is 5. The van der Waals surface area contributed by atoms with Crippen molar-refractivity contribution in [3.63, 3.8) is 0 Å². The van der Waals surface area contributed by atoms with E-state index in [2.05, 4.69) is 0 Å². The van der Waals surface area contributed by atoms with Crippen LogP contribution in [0.25, 0.3) is 11.0 Å². The fraction of sp³-hybridized carbons (Fsp3) is 0.263. The van der Waals surface area contributed by atoms with Crippen molar-refractivity contribution in [1.82, 2.24) is 4.57 Å². The van der Waals surface area contributed by atoms with Crippen molar-refractivity contribution in [2.75, 3.05) is 13.7 Å². The van der Waals surface area contributed by atoms with Crippen LogP contribution in [0, 0.1) is 4.78 Å². The zero-order chi connectivity index (χ0) is 18.8. The van der Waals surface area contributed by atoms with Gasteiger partial charge in [0, 0.05) is 17.6 Å². The average molecular weight is 372 g/mol. The highest BCUT2D eigenvalue weighted by molar-refractivity contribution is 7.96. The number of carbonyl (C=O) groups excluding carboxylic acids is 1. The van der Waals surface area contributed by atoms with Crippen molar-refractivity contribution in [2.45, 2.75) is 25.4 Å². The number of pyridine rings is 1. The molecular weight excluding hydrogens is 352 g/mol. The number of ether oxygens (including phenoxy) is 2. The molecule has 2 aromatic rings. The first kappa shape index (κ1) is 18.1. The van der Waals surface area contributed by atoms with Crippen molar-refractivity contribution in [3.05, 3.63) is 57.4 Å². The number of rotatable bonds is 5. The third kappa shape index (κ3) is 2.99. The molecule has 0 radical (unpaired) electrons. The van der Waals surface area contributed by atoms with Crippen molar-refractivity contribution in [2.24, 2.45) is 0 Å². The van der Waals surface area contributed by atoms with Gasteiger partial charge in [-0.15, -0.1) is 0 Å². The minimum atomic E-state index is -1.01. The van der Waals surface area contributed by atoms with Crippen molar-refractivity contribution in [1.29, 1.82) is 4.78 Å². The summed E-state index contributed by atoms with van der Waals surface area (Å²) in [5, 5.41) is 0.636. The van der Waals surface area contributed by atoms with Gasteiger partial charge in [-0.3, -0.25) is 9.57 Å². The minimum absolute atomic E-state index is 0.0108. The van der Waals surface area contributed by atoms with E-state index in [1.165, 1.54) is 6.20 Å². The first-order valence-corrected chi connectivity index (χ1v) is 9.50. The molecule has 2 heterocycles. The fourth-order valence-corrected chi connectivity index (χ4v) is 4.47. The summed E-state index contributed by atoms with van der Waals surface area (Å²) in [7, 11) is 0.586. The molecule has 1 unspecified atom stereocenters. The van der Waals surface area contributed by atoms with E-state index < -0.39 is 16.7 Å². The Hall–Kier alpha value is -2.67. The molecule has 1 N–H and O–H groups in total. The van der Waals surface area contributed by atoms with Crippen LogP contribution in [0.15, 0.2) is 40.3 Å². The highest BCUT2D eigenvalue weighted by atomic mass is 32.2. The van der Waals surface area contributed by atoms with Gasteiger partial charge in [-0.25, -0.2) is 4.79 Å². The van der Waals surface area contributed by atoms with Crippen LogP contribution in [0.3, 0.4) is 0 Å². The highest BCUT2D eigenvalue weighted by Crippen LogP contribution is 2.35. The molecule has 0 bridgehead atoms. The number of aromatic nitrogens is 1. The highest BCUT2D eigenvalue weighted by Gasteiger charge is 2.28. The third-order valence-corrected chi connectivity index (χ3v) is 5.80. The normalized spacial score (nSPS) is 15.3. The van der Waals surface area contributed by atoms with Crippen LogP contribution in [0.1, 0.15) is 35.3 Å². The SMILES string of the molecule is CCOC(=O)c1cn(CC)c2c(c1=O)C=C(c1ccc(OC)cc1)S2=N. The van der Waals surface area contributed by atoms with Crippen LogP contribution in [-0.4, -0.2) is 24.3 Å². The fourth-order valence-electron chi connectivity index (χ4n) is 2.86. The second kappa shape index (κ2) is 7.29. The number of aryl methyl sites for hydroxylation is 1. The van der Waals surface area contributed by atoms with Crippen LogP contribution in [0.2, 0.25) is 0 Å². The molecule has 0 amide bonds. The lowest BCUT2D eigenvalue weighted by Crippen LogP contribution is -2.23. The number of carbonyl (C=O) groups is 1. The summed E-state index contributed by atoms with van der Waals surface area (Å²) in [5.74, 6) is 0.103. The first-order chi connectivity index (χ1) is 12.5. The Morgan fingerprint density at radius 1 is 1.23 bits per heavy atom. The molecule has 0 spiro atoms. The van der Waals surface area contributed by atoms with Gasteiger partial charge in [-0.05, 0) is 48.3 Å². The van der Waals surface area contributed by atoms with Crippen LogP contribution in [0.5, 0.6) is 5.75 Å². The average Bonchev–Trinajstić information content (AvgIpc) is 3.00. The van der Waals surface area contributed by atoms with E-state index in [0.29, 0.717) is 17.1 Å². The van der Waals surface area contributed by atoms with E-state index in [1.807, 2.05) is 31.2 Å². The summed E-state index contributed by atoms with van der Waals surface area (Å²) < 4.78 is 20.6. The molecule has 0 aliphatic carbocycles. The molecule has 3 rings (SSSR count). The topological polar surface area (TPSA) is 81.4 Å². The van der Waals surface area contributed by atoms with E-state index >= 15 is 0 Å². The number of hydrogen-bond donors (Lipinski definition) is 1. The molecule has 6 nitrogen and oxygen atoms in total. The lowest BCUT2D eigenvalue weighted by atomic mass is 10.1. The maximum Gasteiger partial charge on any atom is 0.343 e. The Morgan fingerprint density at radius 2 is 1.92 bits per heavy atom. The number of fused-ring (bicyclic) bond motifs is 1. The monoisotopic (exact) mass is 372 g/mol. The quantitative estimate of drug-likeness (QED) is 0.817. The largest absolute Gasteiger partial charge is 0.497 e. The van der Waals surface area contributed by atoms with E-state index in [1.54, 1.807) is 24.7 Å². The molecule has 26 heavy (non-hydrogen) atoms. The zero-order valence-corrected chi connectivity index (χ0v) is 15.7. The Balaban J connectivity index is 2.14. The number of methoxy groups -OCH3 is 1. The van der Waals surface area contributed by atoms with E-state index in [0.717, 1.165) is 16.2 Å². The van der Waals surface area contributed by atoms with Gasteiger partial charge in [-0.2, -0.15) is 0 Å². The molecule has 1 aromatic carbocycles. The maximum atomic E-state index is 12.8. The minimum Gasteiger partial charge on any atom is -0.497 e. The summed E-state index contributed by atoms with van der Waals surface area (Å²) >= 11 is 0. The predicted molar refractivity (Wildman–Crippen MR) is 102 cm³/mol. The first-order valence-electron chi connectivity index (χ1n) is 8.28. The van der Waals surface area contributed by atoms with Gasteiger partial charge in [0.2, 0.25) is 5.43 Å². The summed E-state index contributed by atoms with van der Waals surface area (Å²) in [6.45, 7) is 4.38. The smallest absolute Gasteiger partial charge is 0.343 e. The predicted octanol–water partition coefficient (Wildman–Crippen LogP) is 3.30. The number of benzene rings is 1. The molecule has 136 valence electrons. The molecule has 1 atom stereocenters. The molecular formula is C19H20N2O4S. The van der Waals surface area contributed by atoms with Gasteiger partial charge in [0.05, 0.1) is 19.3 Å². The van der Waals surface area contributed by atoms with Crippen molar-refractivity contribution < 1.29 is 14.3 Å². The van der Waals surface area contributed by atoms with Crippen LogP contribution in [0.4, 0.5) is 0 Å². The van der Waals surface area contributed by atoms with E-state index in [9.17, 15) is 9.59 Å². The molecule has 1 aliphatic rings. The van der Waals surface area contributed by atoms with E-state index in [-0.39, 0.29) is 17.6 Å². The van der Waals surface area contributed by atoms with Crippen LogP contribution < -0.4 is 10.2 Å². The van der Waals surface area contributed by atoms with Crippen molar-refractivity contribution in [3.8, 4) is 5.75 Å². The zero-order valence-electron chi connectivity index (χ0n) is 14.9. The number of nitrogens with one attached hydrogen (secondary N) is 1. The van der Waals surface area contributed by atoms with Crippen LogP contribution >= 0.6 is 0 Å². The van der Waals surface area contributed by atoms with Crippen LogP contribution in [-0.2, 0) is 22.0 Å². The molecule has 0 fully saturated rings. The van der Waals surface area contributed by atoms with Gasteiger partial charge < -0.3 is 14.0 Å². The number of esters is 1. The summed E-state index contributed by atoms with van der Waals surface area (Å²) in [4.78, 5) is 25.7.